The number of para-hydroxylation sites is 1. The highest BCUT2D eigenvalue weighted by molar-refractivity contribution is 6.07. The van der Waals surface area contributed by atoms with Crippen LogP contribution in [0.1, 0.15) is 50.6 Å². The van der Waals surface area contributed by atoms with E-state index >= 15 is 0 Å². The number of carbonyl (C=O) groups is 2. The molecule has 158 valence electrons. The molecule has 0 saturated heterocycles. The molecule has 0 bridgehead atoms. The quantitative estimate of drug-likeness (QED) is 0.473. The minimum absolute atomic E-state index is 0.0846. The number of rotatable bonds is 5. The van der Waals surface area contributed by atoms with E-state index in [1.54, 1.807) is 0 Å². The second-order valence-corrected chi connectivity index (χ2v) is 7.20. The van der Waals surface area contributed by atoms with Gasteiger partial charge in [0.1, 0.15) is 11.5 Å². The maximum atomic E-state index is 12.6. The van der Waals surface area contributed by atoms with Gasteiger partial charge in [-0.15, -0.1) is 0 Å². The van der Waals surface area contributed by atoms with E-state index in [2.05, 4.69) is 21.4 Å². The molecule has 0 atom stereocenters. The summed E-state index contributed by atoms with van der Waals surface area (Å²) in [4.78, 5) is 25.0. The standard InChI is InChI=1S/C23H22N4O4/c1-14-20-18(25-26-22(29)15-10-12-17(28)13-11-15)8-5-9-19(20)31-21(14)23(30)27-24-16-6-3-2-4-7-16/h2-4,6-7,10-13,24,28H,5,8-9H2,1H3,(H,26,29)(H,27,30)/b25-18+. The number of carbonyl (C=O) groups excluding carboxylic acids is 2. The molecule has 8 heteroatoms. The molecule has 1 aliphatic rings. The number of phenolic OH excluding ortho intramolecular Hbond substituents is 1. The Hall–Kier alpha value is -4.07. The number of nitrogens with one attached hydrogen (secondary N) is 3. The van der Waals surface area contributed by atoms with Gasteiger partial charge in [-0.05, 0) is 56.2 Å². The molecule has 0 radical (unpaired) electrons. The van der Waals surface area contributed by atoms with Gasteiger partial charge < -0.3 is 9.52 Å². The number of hydrogen-bond acceptors (Lipinski definition) is 6. The van der Waals surface area contributed by atoms with Crippen molar-refractivity contribution in [1.29, 1.82) is 0 Å². The van der Waals surface area contributed by atoms with Crippen LogP contribution in [0.4, 0.5) is 5.69 Å². The van der Waals surface area contributed by atoms with Gasteiger partial charge >= 0.3 is 5.91 Å². The molecular weight excluding hydrogens is 396 g/mol. The molecule has 8 nitrogen and oxygen atoms in total. The highest BCUT2D eigenvalue weighted by Crippen LogP contribution is 2.30. The van der Waals surface area contributed by atoms with Crippen LogP contribution in [0.2, 0.25) is 0 Å². The molecule has 4 rings (SSSR count). The monoisotopic (exact) mass is 418 g/mol. The fourth-order valence-corrected chi connectivity index (χ4v) is 3.50. The number of fused-ring (bicyclic) bond motifs is 1. The third kappa shape index (κ3) is 4.42. The first-order chi connectivity index (χ1) is 15.0. The van der Waals surface area contributed by atoms with Crippen molar-refractivity contribution >= 4 is 23.2 Å². The summed E-state index contributed by atoms with van der Waals surface area (Å²) in [5, 5.41) is 13.7. The van der Waals surface area contributed by atoms with E-state index in [1.165, 1.54) is 24.3 Å². The lowest BCUT2D eigenvalue weighted by atomic mass is 9.93. The molecule has 0 unspecified atom stereocenters. The number of aryl methyl sites for hydroxylation is 1. The molecule has 31 heavy (non-hydrogen) atoms. The molecule has 0 fully saturated rings. The summed E-state index contributed by atoms with van der Waals surface area (Å²) < 4.78 is 5.85. The number of hydrogen-bond donors (Lipinski definition) is 4. The molecule has 1 aliphatic carbocycles. The first-order valence-corrected chi connectivity index (χ1v) is 9.93. The van der Waals surface area contributed by atoms with Crippen molar-refractivity contribution in [3.05, 3.63) is 82.8 Å². The van der Waals surface area contributed by atoms with E-state index < -0.39 is 0 Å². The van der Waals surface area contributed by atoms with Crippen LogP contribution < -0.4 is 16.3 Å². The van der Waals surface area contributed by atoms with Gasteiger partial charge in [-0.2, -0.15) is 5.10 Å². The molecule has 0 spiro atoms. The lowest BCUT2D eigenvalue weighted by molar-refractivity contribution is 0.0930. The van der Waals surface area contributed by atoms with Gasteiger partial charge in [-0.25, -0.2) is 5.43 Å². The molecule has 4 N–H and O–H groups in total. The van der Waals surface area contributed by atoms with Crippen LogP contribution in [-0.2, 0) is 6.42 Å². The molecule has 0 aliphatic heterocycles. The Labute approximate surface area is 178 Å². The fraction of sp³-hybridized carbons (Fsp3) is 0.174. The number of anilines is 1. The van der Waals surface area contributed by atoms with Crippen molar-refractivity contribution in [2.75, 3.05) is 5.43 Å². The number of hydrazine groups is 1. The predicted octanol–water partition coefficient (Wildman–Crippen LogP) is 3.52. The van der Waals surface area contributed by atoms with Crippen molar-refractivity contribution in [1.82, 2.24) is 10.9 Å². The smallest absolute Gasteiger partial charge is 0.305 e. The second kappa shape index (κ2) is 8.74. The molecule has 0 saturated carbocycles. The van der Waals surface area contributed by atoms with Crippen LogP contribution in [0.3, 0.4) is 0 Å². The fourth-order valence-electron chi connectivity index (χ4n) is 3.50. The van der Waals surface area contributed by atoms with Gasteiger partial charge in [0.05, 0.1) is 11.4 Å². The zero-order valence-corrected chi connectivity index (χ0v) is 16.9. The van der Waals surface area contributed by atoms with E-state index in [-0.39, 0.29) is 23.3 Å². The number of hydrazone groups is 1. The minimum Gasteiger partial charge on any atom is -0.508 e. The Balaban J connectivity index is 1.51. The van der Waals surface area contributed by atoms with E-state index in [9.17, 15) is 14.7 Å². The molecule has 1 aromatic heterocycles. The Morgan fingerprint density at radius 2 is 1.74 bits per heavy atom. The SMILES string of the molecule is Cc1c(C(=O)NNc2ccccc2)oc2c1/C(=N/NC(=O)c1ccc(O)cc1)CCC2. The van der Waals surface area contributed by atoms with Gasteiger partial charge in [0.2, 0.25) is 0 Å². The van der Waals surface area contributed by atoms with Crippen molar-refractivity contribution in [2.24, 2.45) is 5.10 Å². The zero-order valence-electron chi connectivity index (χ0n) is 16.9. The maximum absolute atomic E-state index is 12.6. The van der Waals surface area contributed by atoms with Crippen LogP contribution in [0.25, 0.3) is 0 Å². The summed E-state index contributed by atoms with van der Waals surface area (Å²) in [6, 6.07) is 15.2. The van der Waals surface area contributed by atoms with Crippen LogP contribution in [-0.4, -0.2) is 22.6 Å². The minimum atomic E-state index is -0.386. The average molecular weight is 418 g/mol. The lowest BCUT2D eigenvalue weighted by Crippen LogP contribution is -2.29. The third-order valence-electron chi connectivity index (χ3n) is 5.05. The molecule has 2 amide bonds. The number of benzene rings is 2. The summed E-state index contributed by atoms with van der Waals surface area (Å²) >= 11 is 0. The second-order valence-electron chi connectivity index (χ2n) is 7.20. The predicted molar refractivity (Wildman–Crippen MR) is 116 cm³/mol. The van der Waals surface area contributed by atoms with Gasteiger partial charge in [-0.1, -0.05) is 18.2 Å². The highest BCUT2D eigenvalue weighted by Gasteiger charge is 2.28. The van der Waals surface area contributed by atoms with E-state index in [0.29, 0.717) is 35.4 Å². The van der Waals surface area contributed by atoms with E-state index in [0.717, 1.165) is 17.7 Å². The summed E-state index contributed by atoms with van der Waals surface area (Å²) in [5.41, 5.74) is 11.3. The highest BCUT2D eigenvalue weighted by atomic mass is 16.4. The largest absolute Gasteiger partial charge is 0.508 e. The Bertz CT molecular complexity index is 1130. The van der Waals surface area contributed by atoms with Crippen molar-refractivity contribution < 1.29 is 19.1 Å². The van der Waals surface area contributed by atoms with Gasteiger partial charge in [-0.3, -0.25) is 20.4 Å². The van der Waals surface area contributed by atoms with Crippen molar-refractivity contribution in [3.8, 4) is 5.75 Å². The van der Waals surface area contributed by atoms with Crippen molar-refractivity contribution in [2.45, 2.75) is 26.2 Å². The Kier molecular flexibility index (Phi) is 5.70. The van der Waals surface area contributed by atoms with Crippen LogP contribution in [0.15, 0.2) is 64.1 Å². The first-order valence-electron chi connectivity index (χ1n) is 9.93. The molecular formula is C23H22N4O4. The summed E-state index contributed by atoms with van der Waals surface area (Å²) in [5.74, 6) is 0.217. The molecule has 3 aromatic rings. The van der Waals surface area contributed by atoms with Gasteiger partial charge in [0, 0.05) is 23.1 Å². The summed E-state index contributed by atoms with van der Waals surface area (Å²) in [6.45, 7) is 1.81. The summed E-state index contributed by atoms with van der Waals surface area (Å²) in [7, 11) is 0. The van der Waals surface area contributed by atoms with Crippen LogP contribution in [0, 0.1) is 6.92 Å². The summed E-state index contributed by atoms with van der Waals surface area (Å²) in [6.07, 6.45) is 2.16. The van der Waals surface area contributed by atoms with Crippen LogP contribution in [0.5, 0.6) is 5.75 Å². The number of aromatic hydroxyl groups is 1. The van der Waals surface area contributed by atoms with E-state index in [4.69, 9.17) is 4.42 Å². The molecule has 2 aromatic carbocycles. The Morgan fingerprint density at radius 3 is 2.48 bits per heavy atom. The topological polar surface area (TPSA) is 116 Å². The Morgan fingerprint density at radius 1 is 1.00 bits per heavy atom. The lowest BCUT2D eigenvalue weighted by Gasteiger charge is -2.13. The van der Waals surface area contributed by atoms with E-state index in [1.807, 2.05) is 37.3 Å². The maximum Gasteiger partial charge on any atom is 0.305 e. The normalized spacial score (nSPS) is 14.0. The number of furan rings is 1. The van der Waals surface area contributed by atoms with Gasteiger partial charge in [0.15, 0.2) is 5.76 Å². The van der Waals surface area contributed by atoms with Crippen molar-refractivity contribution in [3.63, 3.8) is 0 Å². The number of phenols is 1. The molecule has 1 heterocycles. The first kappa shape index (κ1) is 20.2. The number of nitrogens with zero attached hydrogens (tertiary/aromatic N) is 1. The third-order valence-corrected chi connectivity index (χ3v) is 5.05. The van der Waals surface area contributed by atoms with Crippen LogP contribution >= 0.6 is 0 Å². The average Bonchev–Trinajstić information content (AvgIpc) is 3.14. The van der Waals surface area contributed by atoms with Gasteiger partial charge in [0.25, 0.3) is 5.91 Å². The number of amides is 2. The zero-order chi connectivity index (χ0) is 21.8.